The minimum absolute atomic E-state index is 0.0266. The normalized spacial score (nSPS) is 26.5. The zero-order valence-corrected chi connectivity index (χ0v) is 10.5. The molecule has 0 bridgehead atoms. The van der Waals surface area contributed by atoms with Crippen LogP contribution in [0.3, 0.4) is 0 Å². The van der Waals surface area contributed by atoms with Crippen molar-refractivity contribution in [3.63, 3.8) is 0 Å². The molecule has 108 valence electrons. The molecule has 1 aliphatic carbocycles. The lowest BCUT2D eigenvalue weighted by Gasteiger charge is -2.38. The third-order valence-corrected chi connectivity index (χ3v) is 3.72. The van der Waals surface area contributed by atoms with Gasteiger partial charge in [-0.3, -0.25) is 9.59 Å². The Labute approximate surface area is 109 Å². The van der Waals surface area contributed by atoms with Crippen molar-refractivity contribution in [2.45, 2.75) is 44.3 Å². The molecule has 0 radical (unpaired) electrons. The van der Waals surface area contributed by atoms with Crippen molar-refractivity contribution in [3.05, 3.63) is 0 Å². The van der Waals surface area contributed by atoms with Crippen LogP contribution in [0.4, 0.5) is 13.2 Å². The van der Waals surface area contributed by atoms with E-state index in [1.807, 2.05) is 0 Å². The number of piperazine rings is 1. The van der Waals surface area contributed by atoms with E-state index in [9.17, 15) is 22.8 Å². The van der Waals surface area contributed by atoms with E-state index in [0.29, 0.717) is 4.90 Å². The molecule has 2 aliphatic rings. The number of nitrogens with zero attached hydrogens (tertiary/aromatic N) is 1. The maximum absolute atomic E-state index is 12.4. The second-order valence-electron chi connectivity index (χ2n) is 5.25. The first-order valence-corrected chi connectivity index (χ1v) is 6.52. The van der Waals surface area contributed by atoms with Crippen LogP contribution in [0, 0.1) is 5.92 Å². The third kappa shape index (κ3) is 3.61. The van der Waals surface area contributed by atoms with Crippen LogP contribution in [-0.4, -0.2) is 42.0 Å². The summed E-state index contributed by atoms with van der Waals surface area (Å²) >= 11 is 0. The first-order chi connectivity index (χ1) is 8.87. The largest absolute Gasteiger partial charge is 0.406 e. The molecule has 2 rings (SSSR count). The van der Waals surface area contributed by atoms with Gasteiger partial charge in [-0.2, -0.15) is 13.2 Å². The van der Waals surface area contributed by atoms with E-state index in [-0.39, 0.29) is 5.92 Å². The molecule has 19 heavy (non-hydrogen) atoms. The van der Waals surface area contributed by atoms with Crippen LogP contribution in [0.5, 0.6) is 0 Å². The maximum atomic E-state index is 12.4. The van der Waals surface area contributed by atoms with E-state index in [1.165, 1.54) is 0 Å². The number of hydrogen-bond donors (Lipinski definition) is 1. The molecule has 0 aromatic carbocycles. The standard InChI is InChI=1S/C12H17F3N2O2/c13-12(14,15)7-17-6-9(18)16-10(11(17)19)8-4-2-1-3-5-8/h8,10H,1-7H2,(H,16,18). The Morgan fingerprint density at radius 2 is 1.79 bits per heavy atom. The van der Waals surface area contributed by atoms with Crippen LogP contribution >= 0.6 is 0 Å². The zero-order valence-electron chi connectivity index (χ0n) is 10.5. The molecule has 7 heteroatoms. The van der Waals surface area contributed by atoms with Gasteiger partial charge in [0.1, 0.15) is 12.6 Å². The smallest absolute Gasteiger partial charge is 0.342 e. The van der Waals surface area contributed by atoms with Crippen molar-refractivity contribution >= 4 is 11.8 Å². The number of carbonyl (C=O) groups excluding carboxylic acids is 2. The molecule has 1 saturated heterocycles. The molecule has 0 aromatic heterocycles. The van der Waals surface area contributed by atoms with Gasteiger partial charge >= 0.3 is 6.18 Å². The number of hydrogen-bond acceptors (Lipinski definition) is 2. The monoisotopic (exact) mass is 278 g/mol. The van der Waals surface area contributed by atoms with Crippen LogP contribution in [-0.2, 0) is 9.59 Å². The average molecular weight is 278 g/mol. The second-order valence-corrected chi connectivity index (χ2v) is 5.25. The fraction of sp³-hybridized carbons (Fsp3) is 0.833. The number of rotatable bonds is 2. The van der Waals surface area contributed by atoms with Crippen molar-refractivity contribution < 1.29 is 22.8 Å². The Balaban J connectivity index is 2.06. The second kappa shape index (κ2) is 5.38. The van der Waals surface area contributed by atoms with E-state index in [1.54, 1.807) is 0 Å². The van der Waals surface area contributed by atoms with Crippen LogP contribution in [0.1, 0.15) is 32.1 Å². The molecule has 1 unspecified atom stereocenters. The lowest BCUT2D eigenvalue weighted by atomic mass is 9.82. The third-order valence-electron chi connectivity index (χ3n) is 3.72. The lowest BCUT2D eigenvalue weighted by Crippen LogP contribution is -2.62. The first kappa shape index (κ1) is 14.1. The lowest BCUT2D eigenvalue weighted by molar-refractivity contribution is -0.169. The van der Waals surface area contributed by atoms with Crippen molar-refractivity contribution in [1.82, 2.24) is 10.2 Å². The van der Waals surface area contributed by atoms with Gasteiger partial charge in [-0.05, 0) is 18.8 Å². The number of halogens is 3. The van der Waals surface area contributed by atoms with Crippen molar-refractivity contribution in [2.24, 2.45) is 5.92 Å². The number of amides is 2. The maximum Gasteiger partial charge on any atom is 0.406 e. The quantitative estimate of drug-likeness (QED) is 0.831. The topological polar surface area (TPSA) is 49.4 Å². The zero-order chi connectivity index (χ0) is 14.0. The predicted octanol–water partition coefficient (Wildman–Crippen LogP) is 1.46. The Kier molecular flexibility index (Phi) is 4.01. The molecule has 1 aliphatic heterocycles. The Morgan fingerprint density at radius 3 is 2.37 bits per heavy atom. The molecule has 4 nitrogen and oxygen atoms in total. The van der Waals surface area contributed by atoms with Gasteiger partial charge in [0.15, 0.2) is 0 Å². The molecule has 2 amide bonds. The predicted molar refractivity (Wildman–Crippen MR) is 61.1 cm³/mol. The van der Waals surface area contributed by atoms with Gasteiger partial charge in [0.2, 0.25) is 11.8 Å². The fourth-order valence-electron chi connectivity index (χ4n) is 2.87. The van der Waals surface area contributed by atoms with Gasteiger partial charge in [-0.25, -0.2) is 0 Å². The summed E-state index contributed by atoms with van der Waals surface area (Å²) in [4.78, 5) is 24.2. The van der Waals surface area contributed by atoms with Crippen molar-refractivity contribution in [2.75, 3.05) is 13.1 Å². The molecule has 1 atom stereocenters. The molecule has 0 aromatic rings. The Bertz CT molecular complexity index is 364. The molecule has 1 N–H and O–H groups in total. The van der Waals surface area contributed by atoms with Crippen molar-refractivity contribution in [3.8, 4) is 0 Å². The Hall–Kier alpha value is -1.27. The molecular formula is C12H17F3N2O2. The number of alkyl halides is 3. The van der Waals surface area contributed by atoms with Crippen LogP contribution in [0.25, 0.3) is 0 Å². The summed E-state index contributed by atoms with van der Waals surface area (Å²) in [7, 11) is 0. The fourth-order valence-corrected chi connectivity index (χ4v) is 2.87. The molecule has 0 spiro atoms. The molecule has 1 saturated carbocycles. The van der Waals surface area contributed by atoms with E-state index in [0.717, 1.165) is 32.1 Å². The highest BCUT2D eigenvalue weighted by Gasteiger charge is 2.42. The summed E-state index contributed by atoms with van der Waals surface area (Å²) in [5, 5.41) is 2.55. The average Bonchev–Trinajstić information content (AvgIpc) is 2.32. The van der Waals surface area contributed by atoms with E-state index >= 15 is 0 Å². The number of carbonyl (C=O) groups is 2. The van der Waals surface area contributed by atoms with E-state index < -0.39 is 37.1 Å². The first-order valence-electron chi connectivity index (χ1n) is 6.52. The molecule has 2 fully saturated rings. The summed E-state index contributed by atoms with van der Waals surface area (Å²) in [5.41, 5.74) is 0. The Morgan fingerprint density at radius 1 is 1.16 bits per heavy atom. The highest BCUT2D eigenvalue weighted by molar-refractivity contribution is 5.95. The highest BCUT2D eigenvalue weighted by atomic mass is 19.4. The van der Waals surface area contributed by atoms with E-state index in [2.05, 4.69) is 5.32 Å². The van der Waals surface area contributed by atoms with Gasteiger partial charge in [-0.1, -0.05) is 19.3 Å². The summed E-state index contributed by atoms with van der Waals surface area (Å²) in [6.07, 6.45) is 0.113. The van der Waals surface area contributed by atoms with Gasteiger partial charge in [-0.15, -0.1) is 0 Å². The van der Waals surface area contributed by atoms with E-state index in [4.69, 9.17) is 0 Å². The number of nitrogens with one attached hydrogen (secondary N) is 1. The SMILES string of the molecule is O=C1CN(CC(F)(F)F)C(=O)C(C2CCCCC2)N1. The minimum atomic E-state index is -4.47. The highest BCUT2D eigenvalue weighted by Crippen LogP contribution is 2.29. The van der Waals surface area contributed by atoms with Gasteiger partial charge in [0.25, 0.3) is 0 Å². The minimum Gasteiger partial charge on any atom is -0.342 e. The van der Waals surface area contributed by atoms with Crippen molar-refractivity contribution in [1.29, 1.82) is 0 Å². The van der Waals surface area contributed by atoms with Gasteiger partial charge in [0.05, 0.1) is 6.54 Å². The molecular weight excluding hydrogens is 261 g/mol. The summed E-state index contributed by atoms with van der Waals surface area (Å²) in [6.45, 7) is -1.84. The van der Waals surface area contributed by atoms with Gasteiger partial charge < -0.3 is 10.2 Å². The summed E-state index contributed by atoms with van der Waals surface area (Å²) in [5.74, 6) is -1.12. The van der Waals surface area contributed by atoms with Crippen LogP contribution in [0.15, 0.2) is 0 Å². The molecule has 1 heterocycles. The van der Waals surface area contributed by atoms with Crippen LogP contribution < -0.4 is 5.32 Å². The summed E-state index contributed by atoms with van der Waals surface area (Å²) in [6, 6.07) is -0.774. The van der Waals surface area contributed by atoms with Crippen LogP contribution in [0.2, 0.25) is 0 Å². The van der Waals surface area contributed by atoms with Gasteiger partial charge in [0, 0.05) is 0 Å². The summed E-state index contributed by atoms with van der Waals surface area (Å²) < 4.78 is 37.2.